The number of rotatable bonds is 2. The molecule has 1 saturated heterocycles. The van der Waals surface area contributed by atoms with Crippen LogP contribution < -0.4 is 0 Å². The van der Waals surface area contributed by atoms with Crippen molar-refractivity contribution >= 4 is 5.91 Å². The van der Waals surface area contributed by atoms with Crippen molar-refractivity contribution in [1.82, 2.24) is 14.8 Å². The van der Waals surface area contributed by atoms with Gasteiger partial charge in [-0.25, -0.2) is 4.98 Å². The topological polar surface area (TPSA) is 36.4 Å². The fourth-order valence-corrected chi connectivity index (χ4v) is 1.99. The first-order valence-electron chi connectivity index (χ1n) is 5.84. The Kier molecular flexibility index (Phi) is 3.68. The average Bonchev–Trinajstić information content (AvgIpc) is 2.38. The predicted octanol–water partition coefficient (Wildman–Crippen LogP) is 0.998. The van der Waals surface area contributed by atoms with E-state index in [1.54, 1.807) is 11.0 Å². The van der Waals surface area contributed by atoms with E-state index in [2.05, 4.69) is 16.8 Å². The number of likely N-dealkylation sites (N-methyl/N-ethyl adjacent to an activating group) is 1. The smallest absolute Gasteiger partial charge is 0.254 e. The van der Waals surface area contributed by atoms with Gasteiger partial charge in [-0.2, -0.15) is 4.39 Å². The first kappa shape index (κ1) is 12.0. The third-order valence-corrected chi connectivity index (χ3v) is 3.08. The Morgan fingerprint density at radius 2 is 2.12 bits per heavy atom. The van der Waals surface area contributed by atoms with Crippen molar-refractivity contribution in [1.29, 1.82) is 0 Å². The quantitative estimate of drug-likeness (QED) is 0.720. The molecule has 0 aliphatic carbocycles. The minimum atomic E-state index is -0.608. The van der Waals surface area contributed by atoms with E-state index >= 15 is 0 Å². The number of halogens is 1. The maximum Gasteiger partial charge on any atom is 0.254 e. The Bertz CT molecular complexity index is 402. The molecule has 0 saturated carbocycles. The molecule has 1 amide bonds. The Labute approximate surface area is 100 Å². The number of pyridine rings is 1. The number of piperazine rings is 1. The van der Waals surface area contributed by atoms with Crippen molar-refractivity contribution in [2.75, 3.05) is 32.7 Å². The molecule has 1 aliphatic heterocycles. The highest BCUT2D eigenvalue weighted by Crippen LogP contribution is 2.08. The van der Waals surface area contributed by atoms with Gasteiger partial charge in [0, 0.05) is 44.0 Å². The Morgan fingerprint density at radius 1 is 1.41 bits per heavy atom. The minimum Gasteiger partial charge on any atom is -0.336 e. The van der Waals surface area contributed by atoms with Gasteiger partial charge < -0.3 is 9.80 Å². The number of hydrogen-bond acceptors (Lipinski definition) is 3. The highest BCUT2D eigenvalue weighted by Gasteiger charge is 2.21. The molecule has 4 nitrogen and oxygen atoms in total. The summed E-state index contributed by atoms with van der Waals surface area (Å²) in [5, 5.41) is 0. The number of nitrogens with zero attached hydrogens (tertiary/aromatic N) is 3. The molecule has 5 heteroatoms. The average molecular weight is 237 g/mol. The summed E-state index contributed by atoms with van der Waals surface area (Å²) in [4.78, 5) is 19.6. The highest BCUT2D eigenvalue weighted by atomic mass is 19.1. The van der Waals surface area contributed by atoms with Gasteiger partial charge in [0.05, 0.1) is 0 Å². The zero-order valence-electron chi connectivity index (χ0n) is 9.90. The molecule has 92 valence electrons. The van der Waals surface area contributed by atoms with Gasteiger partial charge in [-0.05, 0) is 12.6 Å². The van der Waals surface area contributed by atoms with Crippen molar-refractivity contribution in [3.8, 4) is 0 Å². The summed E-state index contributed by atoms with van der Waals surface area (Å²) < 4.78 is 12.9. The molecule has 0 aromatic carbocycles. The molecule has 2 heterocycles. The lowest BCUT2D eigenvalue weighted by Gasteiger charge is -2.34. The molecule has 1 fully saturated rings. The highest BCUT2D eigenvalue weighted by molar-refractivity contribution is 5.94. The van der Waals surface area contributed by atoms with Gasteiger partial charge in [0.2, 0.25) is 5.95 Å². The first-order chi connectivity index (χ1) is 8.20. The standard InChI is InChI=1S/C12H16FN3O/c1-2-15-5-7-16(8-6-15)12(17)10-3-4-14-11(13)9-10/h3-4,9H,2,5-8H2,1H3. The third kappa shape index (κ3) is 2.79. The largest absolute Gasteiger partial charge is 0.336 e. The van der Waals surface area contributed by atoms with Crippen LogP contribution in [0.2, 0.25) is 0 Å². The zero-order chi connectivity index (χ0) is 12.3. The van der Waals surface area contributed by atoms with Crippen molar-refractivity contribution < 1.29 is 9.18 Å². The summed E-state index contributed by atoms with van der Waals surface area (Å²) in [6, 6.07) is 2.74. The molecule has 0 radical (unpaired) electrons. The second kappa shape index (κ2) is 5.23. The summed E-state index contributed by atoms with van der Waals surface area (Å²) in [7, 11) is 0. The van der Waals surface area contributed by atoms with Crippen LogP contribution in [0.4, 0.5) is 4.39 Å². The molecule has 1 aliphatic rings. The van der Waals surface area contributed by atoms with Crippen LogP contribution in [0.1, 0.15) is 17.3 Å². The summed E-state index contributed by atoms with van der Waals surface area (Å²) >= 11 is 0. The molecular formula is C12H16FN3O. The SMILES string of the molecule is CCN1CCN(C(=O)c2ccnc(F)c2)CC1. The Hall–Kier alpha value is -1.49. The van der Waals surface area contributed by atoms with Crippen LogP contribution >= 0.6 is 0 Å². The monoisotopic (exact) mass is 237 g/mol. The molecular weight excluding hydrogens is 221 g/mol. The second-order valence-electron chi connectivity index (χ2n) is 4.09. The lowest BCUT2D eigenvalue weighted by atomic mass is 10.2. The summed E-state index contributed by atoms with van der Waals surface area (Å²) in [6.07, 6.45) is 1.32. The summed E-state index contributed by atoms with van der Waals surface area (Å²) in [6.45, 7) is 6.29. The van der Waals surface area contributed by atoms with Crippen LogP contribution in [-0.4, -0.2) is 53.4 Å². The number of aromatic nitrogens is 1. The molecule has 0 bridgehead atoms. The second-order valence-corrected chi connectivity index (χ2v) is 4.09. The van der Waals surface area contributed by atoms with Crippen molar-refractivity contribution in [3.05, 3.63) is 29.8 Å². The normalized spacial score (nSPS) is 17.2. The molecule has 2 rings (SSSR count). The van der Waals surface area contributed by atoms with E-state index in [1.807, 2.05) is 0 Å². The molecule has 1 aromatic rings. The van der Waals surface area contributed by atoms with Crippen LogP contribution in [0.25, 0.3) is 0 Å². The Balaban J connectivity index is 2.02. The summed E-state index contributed by atoms with van der Waals surface area (Å²) in [5.74, 6) is -0.718. The molecule has 0 unspecified atom stereocenters. The fraction of sp³-hybridized carbons (Fsp3) is 0.500. The van der Waals surface area contributed by atoms with Gasteiger partial charge in [0.25, 0.3) is 5.91 Å². The van der Waals surface area contributed by atoms with E-state index < -0.39 is 5.95 Å². The molecule has 0 atom stereocenters. The van der Waals surface area contributed by atoms with Gasteiger partial charge >= 0.3 is 0 Å². The van der Waals surface area contributed by atoms with E-state index in [0.29, 0.717) is 18.7 Å². The van der Waals surface area contributed by atoms with E-state index in [-0.39, 0.29) is 5.91 Å². The molecule has 0 N–H and O–H groups in total. The lowest BCUT2D eigenvalue weighted by Crippen LogP contribution is -2.48. The number of carbonyl (C=O) groups excluding carboxylic acids is 1. The maximum atomic E-state index is 12.9. The van der Waals surface area contributed by atoms with Crippen molar-refractivity contribution in [2.24, 2.45) is 0 Å². The molecule has 17 heavy (non-hydrogen) atoms. The van der Waals surface area contributed by atoms with Crippen LogP contribution in [0.3, 0.4) is 0 Å². The first-order valence-corrected chi connectivity index (χ1v) is 5.84. The number of hydrogen-bond donors (Lipinski definition) is 0. The third-order valence-electron chi connectivity index (χ3n) is 3.08. The maximum absolute atomic E-state index is 12.9. The van der Waals surface area contributed by atoms with E-state index in [0.717, 1.165) is 19.6 Å². The van der Waals surface area contributed by atoms with Crippen LogP contribution in [0.15, 0.2) is 18.3 Å². The van der Waals surface area contributed by atoms with Gasteiger partial charge in [-0.3, -0.25) is 4.79 Å². The minimum absolute atomic E-state index is 0.109. The van der Waals surface area contributed by atoms with Gasteiger partial charge in [0.15, 0.2) is 0 Å². The van der Waals surface area contributed by atoms with Crippen LogP contribution in [-0.2, 0) is 0 Å². The van der Waals surface area contributed by atoms with Crippen molar-refractivity contribution in [3.63, 3.8) is 0 Å². The summed E-state index contributed by atoms with van der Waals surface area (Å²) in [5.41, 5.74) is 0.377. The van der Waals surface area contributed by atoms with Crippen molar-refractivity contribution in [2.45, 2.75) is 6.92 Å². The van der Waals surface area contributed by atoms with E-state index in [9.17, 15) is 9.18 Å². The van der Waals surface area contributed by atoms with Gasteiger partial charge in [0.1, 0.15) is 0 Å². The van der Waals surface area contributed by atoms with Gasteiger partial charge in [-0.15, -0.1) is 0 Å². The predicted molar refractivity (Wildman–Crippen MR) is 62.2 cm³/mol. The van der Waals surface area contributed by atoms with Crippen LogP contribution in [0.5, 0.6) is 0 Å². The zero-order valence-corrected chi connectivity index (χ0v) is 9.90. The number of carbonyl (C=O) groups is 1. The van der Waals surface area contributed by atoms with E-state index in [4.69, 9.17) is 0 Å². The molecule has 1 aromatic heterocycles. The number of amides is 1. The molecule has 0 spiro atoms. The lowest BCUT2D eigenvalue weighted by molar-refractivity contribution is 0.0642. The fourth-order valence-electron chi connectivity index (χ4n) is 1.99. The Morgan fingerprint density at radius 3 is 2.71 bits per heavy atom. The van der Waals surface area contributed by atoms with Gasteiger partial charge in [-0.1, -0.05) is 6.92 Å². The van der Waals surface area contributed by atoms with Crippen LogP contribution in [0, 0.1) is 5.95 Å². The van der Waals surface area contributed by atoms with E-state index in [1.165, 1.54) is 12.3 Å².